The largest absolute Gasteiger partial charge is 0.507 e. The maximum Gasteiger partial charge on any atom is 0.270 e. The zero-order valence-electron chi connectivity index (χ0n) is 13.5. The van der Waals surface area contributed by atoms with Crippen molar-refractivity contribution in [1.82, 2.24) is 5.32 Å². The van der Waals surface area contributed by atoms with Gasteiger partial charge in [0.2, 0.25) is 0 Å². The highest BCUT2D eigenvalue weighted by molar-refractivity contribution is 9.10. The van der Waals surface area contributed by atoms with Crippen LogP contribution in [0.2, 0.25) is 0 Å². The number of thiocarbonyl (C=S) groups is 1. The van der Waals surface area contributed by atoms with E-state index in [0.29, 0.717) is 21.5 Å². The van der Waals surface area contributed by atoms with E-state index in [4.69, 9.17) is 17.0 Å². The average Bonchev–Trinajstić information content (AvgIpc) is 2.62. The molecule has 1 aliphatic rings. The Labute approximate surface area is 163 Å². The molecule has 0 bridgehead atoms. The summed E-state index contributed by atoms with van der Waals surface area (Å²) < 4.78 is 5.80. The van der Waals surface area contributed by atoms with Gasteiger partial charge in [0.15, 0.2) is 5.11 Å². The molecule has 1 heterocycles. The maximum atomic E-state index is 12.9. The van der Waals surface area contributed by atoms with Crippen LogP contribution in [0.25, 0.3) is 6.08 Å². The average molecular weight is 433 g/mol. The van der Waals surface area contributed by atoms with Crippen LogP contribution in [0.4, 0.5) is 5.69 Å². The summed E-state index contributed by atoms with van der Waals surface area (Å²) in [4.78, 5) is 26.4. The molecule has 1 fully saturated rings. The molecule has 0 spiro atoms. The van der Waals surface area contributed by atoms with Gasteiger partial charge in [-0.05, 0) is 60.8 Å². The molecule has 132 valence electrons. The standard InChI is InChI=1S/C18H13BrN2O4S/c1-25-13-5-3-12(4-6-13)21-17(24)14(16(23)20-18(21)26)9-10-8-11(19)2-7-15(10)22/h2-9,22H,1H3,(H,20,23,26). The normalized spacial score (nSPS) is 16.0. The van der Waals surface area contributed by atoms with Crippen molar-refractivity contribution in [3.63, 3.8) is 0 Å². The minimum Gasteiger partial charge on any atom is -0.507 e. The molecule has 6 nitrogen and oxygen atoms in total. The smallest absolute Gasteiger partial charge is 0.270 e. The number of halogens is 1. The molecular formula is C18H13BrN2O4S. The fraction of sp³-hybridized carbons (Fsp3) is 0.0556. The number of nitrogens with zero attached hydrogens (tertiary/aromatic N) is 1. The first-order valence-corrected chi connectivity index (χ1v) is 8.65. The predicted octanol–water partition coefficient (Wildman–Crippen LogP) is 2.99. The van der Waals surface area contributed by atoms with Crippen LogP contribution < -0.4 is 15.0 Å². The lowest BCUT2D eigenvalue weighted by Crippen LogP contribution is -2.54. The number of nitrogens with one attached hydrogen (secondary N) is 1. The van der Waals surface area contributed by atoms with E-state index < -0.39 is 11.8 Å². The van der Waals surface area contributed by atoms with Gasteiger partial charge in [0, 0.05) is 10.0 Å². The van der Waals surface area contributed by atoms with Crippen molar-refractivity contribution in [2.75, 3.05) is 12.0 Å². The molecule has 2 aromatic rings. The molecule has 0 aliphatic carbocycles. The fourth-order valence-electron chi connectivity index (χ4n) is 2.42. The first kappa shape index (κ1) is 18.1. The summed E-state index contributed by atoms with van der Waals surface area (Å²) in [6.45, 7) is 0. The number of phenols is 1. The molecule has 1 saturated heterocycles. The summed E-state index contributed by atoms with van der Waals surface area (Å²) in [6.07, 6.45) is 1.33. The molecule has 0 saturated carbocycles. The molecular weight excluding hydrogens is 420 g/mol. The monoisotopic (exact) mass is 432 g/mol. The lowest BCUT2D eigenvalue weighted by atomic mass is 10.1. The van der Waals surface area contributed by atoms with Gasteiger partial charge in [-0.25, -0.2) is 0 Å². The number of anilines is 1. The SMILES string of the molecule is COc1ccc(N2C(=O)C(=Cc3cc(Br)ccc3O)C(=O)NC2=S)cc1. The minimum atomic E-state index is -0.621. The second-order valence-electron chi connectivity index (χ2n) is 5.36. The van der Waals surface area contributed by atoms with Crippen LogP contribution in [0.1, 0.15) is 5.56 Å². The lowest BCUT2D eigenvalue weighted by molar-refractivity contribution is -0.122. The molecule has 2 N–H and O–H groups in total. The van der Waals surface area contributed by atoms with E-state index in [2.05, 4.69) is 21.2 Å². The Bertz CT molecular complexity index is 941. The van der Waals surface area contributed by atoms with Crippen molar-refractivity contribution < 1.29 is 19.4 Å². The van der Waals surface area contributed by atoms with Gasteiger partial charge in [-0.2, -0.15) is 0 Å². The van der Waals surface area contributed by atoms with E-state index in [1.807, 2.05) is 0 Å². The summed E-state index contributed by atoms with van der Waals surface area (Å²) in [6, 6.07) is 11.4. The van der Waals surface area contributed by atoms with Crippen molar-refractivity contribution in [2.45, 2.75) is 0 Å². The van der Waals surface area contributed by atoms with Crippen LogP contribution in [0.5, 0.6) is 11.5 Å². The third-order valence-electron chi connectivity index (χ3n) is 3.72. The second kappa shape index (κ2) is 7.27. The van der Waals surface area contributed by atoms with Crippen molar-refractivity contribution >= 4 is 56.8 Å². The first-order chi connectivity index (χ1) is 12.4. The molecule has 8 heteroatoms. The third kappa shape index (κ3) is 3.47. The number of rotatable bonds is 3. The van der Waals surface area contributed by atoms with E-state index in [1.54, 1.807) is 36.4 Å². The Morgan fingerprint density at radius 1 is 1.19 bits per heavy atom. The van der Waals surface area contributed by atoms with Gasteiger partial charge >= 0.3 is 0 Å². The molecule has 0 atom stereocenters. The van der Waals surface area contributed by atoms with Crippen molar-refractivity contribution in [2.24, 2.45) is 0 Å². The molecule has 0 unspecified atom stereocenters. The number of benzene rings is 2. The molecule has 2 amide bonds. The van der Waals surface area contributed by atoms with Crippen LogP contribution in [0.15, 0.2) is 52.5 Å². The number of phenolic OH excluding ortho intramolecular Hbond substituents is 1. The Hall–Kier alpha value is -2.71. The number of hydrogen-bond acceptors (Lipinski definition) is 5. The Balaban J connectivity index is 2.02. The van der Waals surface area contributed by atoms with Crippen LogP contribution in [-0.2, 0) is 9.59 Å². The third-order valence-corrected chi connectivity index (χ3v) is 4.50. The second-order valence-corrected chi connectivity index (χ2v) is 6.66. The summed E-state index contributed by atoms with van der Waals surface area (Å²) in [7, 11) is 1.54. The number of methoxy groups -OCH3 is 1. The van der Waals surface area contributed by atoms with Gasteiger partial charge in [0.1, 0.15) is 17.1 Å². The Kier molecular flexibility index (Phi) is 5.06. The zero-order valence-corrected chi connectivity index (χ0v) is 15.9. The van der Waals surface area contributed by atoms with Gasteiger partial charge in [-0.3, -0.25) is 19.8 Å². The van der Waals surface area contributed by atoms with Gasteiger partial charge in [-0.1, -0.05) is 15.9 Å². The van der Waals surface area contributed by atoms with Crippen LogP contribution >= 0.6 is 28.1 Å². The summed E-state index contributed by atoms with van der Waals surface area (Å²) in [5.74, 6) is -0.624. The molecule has 1 aliphatic heterocycles. The van der Waals surface area contributed by atoms with Crippen molar-refractivity contribution in [3.05, 3.63) is 58.1 Å². The number of carbonyl (C=O) groups is 2. The first-order valence-electron chi connectivity index (χ1n) is 7.44. The van der Waals surface area contributed by atoms with Crippen molar-refractivity contribution in [1.29, 1.82) is 0 Å². The topological polar surface area (TPSA) is 78.9 Å². The van der Waals surface area contributed by atoms with Gasteiger partial charge in [-0.15, -0.1) is 0 Å². The van der Waals surface area contributed by atoms with Crippen LogP contribution in [0.3, 0.4) is 0 Å². The fourth-order valence-corrected chi connectivity index (χ4v) is 3.08. The Morgan fingerprint density at radius 3 is 2.54 bits per heavy atom. The van der Waals surface area contributed by atoms with E-state index in [-0.39, 0.29) is 16.4 Å². The zero-order chi connectivity index (χ0) is 18.8. The number of carbonyl (C=O) groups excluding carboxylic acids is 2. The minimum absolute atomic E-state index is 0.0132. The number of ether oxygens (including phenoxy) is 1. The maximum absolute atomic E-state index is 12.9. The summed E-state index contributed by atoms with van der Waals surface area (Å²) in [5, 5.41) is 12.5. The van der Waals surface area contributed by atoms with Crippen LogP contribution in [-0.4, -0.2) is 29.1 Å². The number of amides is 2. The number of aromatic hydroxyl groups is 1. The molecule has 0 radical (unpaired) electrons. The van der Waals surface area contributed by atoms with E-state index in [0.717, 1.165) is 0 Å². The van der Waals surface area contributed by atoms with Gasteiger partial charge in [0.25, 0.3) is 11.8 Å². The predicted molar refractivity (Wildman–Crippen MR) is 105 cm³/mol. The molecule has 3 rings (SSSR count). The van der Waals surface area contributed by atoms with E-state index >= 15 is 0 Å². The molecule has 26 heavy (non-hydrogen) atoms. The highest BCUT2D eigenvalue weighted by atomic mass is 79.9. The highest BCUT2D eigenvalue weighted by Gasteiger charge is 2.34. The van der Waals surface area contributed by atoms with E-state index in [9.17, 15) is 14.7 Å². The summed E-state index contributed by atoms with van der Waals surface area (Å²) >= 11 is 8.44. The number of hydrogen-bond donors (Lipinski definition) is 2. The van der Waals surface area contributed by atoms with Gasteiger partial charge < -0.3 is 9.84 Å². The quantitative estimate of drug-likeness (QED) is 0.442. The summed E-state index contributed by atoms with van der Waals surface area (Å²) in [5.41, 5.74) is 0.688. The van der Waals surface area contributed by atoms with Crippen molar-refractivity contribution in [3.8, 4) is 11.5 Å². The Morgan fingerprint density at radius 2 is 1.88 bits per heavy atom. The molecule has 2 aromatic carbocycles. The van der Waals surface area contributed by atoms with E-state index in [1.165, 1.54) is 24.2 Å². The highest BCUT2D eigenvalue weighted by Crippen LogP contribution is 2.27. The van der Waals surface area contributed by atoms with Gasteiger partial charge in [0.05, 0.1) is 12.8 Å². The molecule has 0 aromatic heterocycles. The lowest BCUT2D eigenvalue weighted by Gasteiger charge is -2.29. The van der Waals surface area contributed by atoms with Crippen LogP contribution in [0, 0.1) is 0 Å².